The highest BCUT2D eigenvalue weighted by Gasteiger charge is 2.34. The zero-order valence-electron chi connectivity index (χ0n) is 15.7. The molecular formula is C18H25ClN4O3S. The fourth-order valence-electron chi connectivity index (χ4n) is 3.32. The van der Waals surface area contributed by atoms with Crippen molar-refractivity contribution in [3.05, 3.63) is 21.3 Å². The SMILES string of the molecule is CCN(CC)C(=O)CN1CCN(C(=O)C2CC(c3ccc(Cl)s3)=NO2)CC1. The average molecular weight is 413 g/mol. The number of nitrogens with zero attached hydrogens (tertiary/aromatic N) is 4. The van der Waals surface area contributed by atoms with E-state index >= 15 is 0 Å². The van der Waals surface area contributed by atoms with Gasteiger partial charge in [0.2, 0.25) is 12.0 Å². The number of amides is 2. The van der Waals surface area contributed by atoms with Gasteiger partial charge in [0.05, 0.1) is 15.8 Å². The van der Waals surface area contributed by atoms with Gasteiger partial charge in [-0.3, -0.25) is 14.5 Å². The zero-order chi connectivity index (χ0) is 19.4. The van der Waals surface area contributed by atoms with E-state index in [4.69, 9.17) is 16.4 Å². The molecule has 0 aromatic carbocycles. The van der Waals surface area contributed by atoms with Gasteiger partial charge in [-0.15, -0.1) is 11.3 Å². The Balaban J connectivity index is 1.46. The summed E-state index contributed by atoms with van der Waals surface area (Å²) in [7, 11) is 0. The molecule has 1 saturated heterocycles. The molecule has 9 heteroatoms. The number of piperazine rings is 1. The highest BCUT2D eigenvalue weighted by Crippen LogP contribution is 2.27. The summed E-state index contributed by atoms with van der Waals surface area (Å²) in [6.45, 7) is 8.43. The molecule has 0 radical (unpaired) electrons. The lowest BCUT2D eigenvalue weighted by Gasteiger charge is -2.35. The average Bonchev–Trinajstić information content (AvgIpc) is 3.32. The third-order valence-electron chi connectivity index (χ3n) is 4.96. The van der Waals surface area contributed by atoms with E-state index in [0.717, 1.165) is 23.7 Å². The molecule has 1 fully saturated rings. The number of hydrogen-bond donors (Lipinski definition) is 0. The normalized spacial score (nSPS) is 20.3. The molecule has 2 aliphatic rings. The quantitative estimate of drug-likeness (QED) is 0.715. The number of oxime groups is 1. The van der Waals surface area contributed by atoms with E-state index in [1.54, 1.807) is 0 Å². The topological polar surface area (TPSA) is 65.5 Å². The predicted octanol–water partition coefficient (Wildman–Crippen LogP) is 1.91. The summed E-state index contributed by atoms with van der Waals surface area (Å²) in [6, 6.07) is 3.71. The van der Waals surface area contributed by atoms with Crippen molar-refractivity contribution in [1.82, 2.24) is 14.7 Å². The number of rotatable bonds is 6. The molecule has 27 heavy (non-hydrogen) atoms. The minimum atomic E-state index is -0.565. The van der Waals surface area contributed by atoms with Crippen LogP contribution in [0.5, 0.6) is 0 Å². The fraction of sp³-hybridized carbons (Fsp3) is 0.611. The predicted molar refractivity (Wildman–Crippen MR) is 106 cm³/mol. The number of hydrogen-bond acceptors (Lipinski definition) is 6. The Morgan fingerprint density at radius 1 is 1.26 bits per heavy atom. The summed E-state index contributed by atoms with van der Waals surface area (Å²) >= 11 is 7.40. The fourth-order valence-corrected chi connectivity index (χ4v) is 4.36. The first-order valence-corrected chi connectivity index (χ1v) is 10.5. The van der Waals surface area contributed by atoms with Crippen molar-refractivity contribution in [3.8, 4) is 0 Å². The van der Waals surface area contributed by atoms with Crippen LogP contribution in [0.1, 0.15) is 25.1 Å². The molecule has 2 amide bonds. The van der Waals surface area contributed by atoms with E-state index in [9.17, 15) is 9.59 Å². The first-order chi connectivity index (χ1) is 13.0. The van der Waals surface area contributed by atoms with Gasteiger partial charge >= 0.3 is 0 Å². The molecule has 0 spiro atoms. The summed E-state index contributed by atoms with van der Waals surface area (Å²) in [5.74, 6) is 0.109. The lowest BCUT2D eigenvalue weighted by molar-refractivity contribution is -0.144. The molecule has 3 heterocycles. The Morgan fingerprint density at radius 3 is 2.56 bits per heavy atom. The van der Waals surface area contributed by atoms with Gasteiger partial charge in [0.1, 0.15) is 5.71 Å². The Kier molecular flexibility index (Phi) is 6.73. The van der Waals surface area contributed by atoms with Crippen LogP contribution in [0.15, 0.2) is 17.3 Å². The lowest BCUT2D eigenvalue weighted by atomic mass is 10.1. The molecule has 1 aromatic heterocycles. The van der Waals surface area contributed by atoms with Gasteiger partial charge in [0, 0.05) is 45.7 Å². The molecule has 0 aliphatic carbocycles. The second kappa shape index (κ2) is 9.03. The largest absolute Gasteiger partial charge is 0.382 e. The minimum Gasteiger partial charge on any atom is -0.382 e. The van der Waals surface area contributed by atoms with Gasteiger partial charge in [-0.1, -0.05) is 16.8 Å². The van der Waals surface area contributed by atoms with E-state index in [0.29, 0.717) is 43.5 Å². The van der Waals surface area contributed by atoms with Crippen LogP contribution in [0.25, 0.3) is 0 Å². The number of halogens is 1. The lowest BCUT2D eigenvalue weighted by Crippen LogP contribution is -2.53. The van der Waals surface area contributed by atoms with Crippen LogP contribution in [0, 0.1) is 0 Å². The van der Waals surface area contributed by atoms with Gasteiger partial charge in [0.25, 0.3) is 5.91 Å². The van der Waals surface area contributed by atoms with Gasteiger partial charge in [-0.25, -0.2) is 0 Å². The first-order valence-electron chi connectivity index (χ1n) is 9.29. The number of likely N-dealkylation sites (N-methyl/N-ethyl adjacent to an activating group) is 1. The second-order valence-electron chi connectivity index (χ2n) is 6.61. The monoisotopic (exact) mass is 412 g/mol. The Morgan fingerprint density at radius 2 is 1.96 bits per heavy atom. The van der Waals surface area contributed by atoms with Crippen molar-refractivity contribution in [3.63, 3.8) is 0 Å². The summed E-state index contributed by atoms with van der Waals surface area (Å²) in [5, 5.41) is 4.07. The van der Waals surface area contributed by atoms with Crippen molar-refractivity contribution in [1.29, 1.82) is 0 Å². The van der Waals surface area contributed by atoms with E-state index < -0.39 is 6.10 Å². The van der Waals surface area contributed by atoms with Crippen LogP contribution in [0.2, 0.25) is 4.34 Å². The van der Waals surface area contributed by atoms with Crippen molar-refractivity contribution >= 4 is 40.5 Å². The highest BCUT2D eigenvalue weighted by molar-refractivity contribution is 7.18. The molecule has 2 aliphatic heterocycles. The minimum absolute atomic E-state index is 0.0360. The zero-order valence-corrected chi connectivity index (χ0v) is 17.3. The van der Waals surface area contributed by atoms with Crippen LogP contribution >= 0.6 is 22.9 Å². The maximum Gasteiger partial charge on any atom is 0.266 e. The van der Waals surface area contributed by atoms with Crippen LogP contribution in [-0.2, 0) is 14.4 Å². The Hall–Kier alpha value is -1.64. The highest BCUT2D eigenvalue weighted by atomic mass is 35.5. The second-order valence-corrected chi connectivity index (χ2v) is 8.32. The number of carbonyl (C=O) groups excluding carboxylic acids is 2. The molecule has 0 bridgehead atoms. The smallest absolute Gasteiger partial charge is 0.266 e. The summed E-state index contributed by atoms with van der Waals surface area (Å²) in [6.07, 6.45) is -0.0965. The maximum absolute atomic E-state index is 12.7. The van der Waals surface area contributed by atoms with Crippen molar-refractivity contribution in [2.24, 2.45) is 5.16 Å². The molecule has 0 N–H and O–H groups in total. The molecule has 1 atom stereocenters. The van der Waals surface area contributed by atoms with Crippen LogP contribution in [-0.4, -0.2) is 84.1 Å². The van der Waals surface area contributed by atoms with Crippen LogP contribution in [0.4, 0.5) is 0 Å². The molecule has 7 nitrogen and oxygen atoms in total. The third-order valence-corrected chi connectivity index (χ3v) is 6.24. The van der Waals surface area contributed by atoms with E-state index in [2.05, 4.69) is 10.1 Å². The van der Waals surface area contributed by atoms with Crippen LogP contribution < -0.4 is 0 Å². The third kappa shape index (κ3) is 4.80. The van der Waals surface area contributed by atoms with Gasteiger partial charge in [-0.05, 0) is 26.0 Å². The summed E-state index contributed by atoms with van der Waals surface area (Å²) in [4.78, 5) is 37.0. The standard InChI is InChI=1S/C18H25ClN4O3S/c1-3-22(4-2)17(24)12-21-7-9-23(10-8-21)18(25)14-11-13(20-26-14)15-5-6-16(19)27-15/h5-6,14H,3-4,7-12H2,1-2H3. The number of thiophene rings is 1. The molecule has 3 rings (SSSR count). The molecular weight excluding hydrogens is 388 g/mol. The van der Waals surface area contributed by atoms with Crippen molar-refractivity contribution in [2.75, 3.05) is 45.8 Å². The van der Waals surface area contributed by atoms with E-state index in [1.807, 2.05) is 35.8 Å². The van der Waals surface area contributed by atoms with Crippen molar-refractivity contribution < 1.29 is 14.4 Å². The van der Waals surface area contributed by atoms with Crippen molar-refractivity contribution in [2.45, 2.75) is 26.4 Å². The summed E-state index contributed by atoms with van der Waals surface area (Å²) in [5.41, 5.74) is 0.772. The van der Waals surface area contributed by atoms with Gasteiger partial charge in [0.15, 0.2) is 0 Å². The van der Waals surface area contributed by atoms with Gasteiger partial charge < -0.3 is 14.6 Å². The van der Waals surface area contributed by atoms with E-state index in [1.165, 1.54) is 11.3 Å². The molecule has 0 saturated carbocycles. The molecule has 1 unspecified atom stereocenters. The Bertz CT molecular complexity index is 711. The van der Waals surface area contributed by atoms with E-state index in [-0.39, 0.29) is 11.8 Å². The molecule has 1 aromatic rings. The van der Waals surface area contributed by atoms with Gasteiger partial charge in [-0.2, -0.15) is 0 Å². The first kappa shape index (κ1) is 20.1. The van der Waals surface area contributed by atoms with Crippen LogP contribution in [0.3, 0.4) is 0 Å². The summed E-state index contributed by atoms with van der Waals surface area (Å²) < 4.78 is 0.692. The molecule has 148 valence electrons. The Labute approximate surface area is 168 Å². The maximum atomic E-state index is 12.7. The number of carbonyl (C=O) groups is 2.